The maximum absolute atomic E-state index is 13.0. The van der Waals surface area contributed by atoms with Gasteiger partial charge in [0, 0.05) is 17.5 Å². The predicted molar refractivity (Wildman–Crippen MR) is 114 cm³/mol. The fourth-order valence-corrected chi connectivity index (χ4v) is 3.77. The zero-order valence-corrected chi connectivity index (χ0v) is 16.9. The fraction of sp³-hybridized carbons (Fsp3) is 0.273. The zero-order chi connectivity index (χ0) is 19.8. The third-order valence-electron chi connectivity index (χ3n) is 4.80. The van der Waals surface area contributed by atoms with Crippen LogP contribution < -0.4 is 19.7 Å². The first-order valence-electron chi connectivity index (χ1n) is 9.36. The fourth-order valence-electron chi connectivity index (χ4n) is 3.47. The summed E-state index contributed by atoms with van der Waals surface area (Å²) in [4.78, 5) is 14.5. The van der Waals surface area contributed by atoms with Crippen molar-refractivity contribution in [1.29, 1.82) is 0 Å². The van der Waals surface area contributed by atoms with Crippen LogP contribution in [0.1, 0.15) is 30.5 Å². The standard InChI is InChI=1S/C22H22N2O3S/c1-4-26-19-11-15-9-14(3)27-20(15)12-16(19)10-18-21(25)24(22(28)23-18)17-7-5-13(2)6-8-17/h5-8,10-12,14H,4,9H2,1-3H3,(H,23,28)/b18-10-/t14-/m1/s1. The molecule has 5 nitrogen and oxygen atoms in total. The number of carbonyl (C=O) groups excluding carboxylic acids is 1. The molecule has 6 heteroatoms. The summed E-state index contributed by atoms with van der Waals surface area (Å²) in [6.45, 7) is 6.53. The van der Waals surface area contributed by atoms with Crippen molar-refractivity contribution >= 4 is 35.0 Å². The summed E-state index contributed by atoms with van der Waals surface area (Å²) < 4.78 is 11.7. The van der Waals surface area contributed by atoms with Crippen molar-refractivity contribution < 1.29 is 14.3 Å². The zero-order valence-electron chi connectivity index (χ0n) is 16.1. The van der Waals surface area contributed by atoms with Gasteiger partial charge in [0.05, 0.1) is 12.3 Å². The van der Waals surface area contributed by atoms with Gasteiger partial charge in [0.1, 0.15) is 23.3 Å². The second-order valence-electron chi connectivity index (χ2n) is 7.03. The number of benzene rings is 2. The molecule has 1 amide bonds. The summed E-state index contributed by atoms with van der Waals surface area (Å²) in [5.41, 5.74) is 4.20. The SMILES string of the molecule is CCOc1cc2c(cc1/C=C1\NC(=S)N(c3ccc(C)cc3)C1=O)O[C@H](C)C2. The normalized spacial score (nSPS) is 19.6. The number of hydrogen-bond donors (Lipinski definition) is 1. The number of thiocarbonyl (C=S) groups is 1. The molecule has 1 atom stereocenters. The molecule has 1 fully saturated rings. The van der Waals surface area contributed by atoms with Gasteiger partial charge in [0.25, 0.3) is 5.91 Å². The van der Waals surface area contributed by atoms with E-state index in [9.17, 15) is 4.79 Å². The molecule has 1 saturated heterocycles. The van der Waals surface area contributed by atoms with Crippen molar-refractivity contribution in [2.75, 3.05) is 11.5 Å². The molecule has 2 aliphatic rings. The van der Waals surface area contributed by atoms with Crippen molar-refractivity contribution in [1.82, 2.24) is 5.32 Å². The third-order valence-corrected chi connectivity index (χ3v) is 5.08. The van der Waals surface area contributed by atoms with Gasteiger partial charge in [0.2, 0.25) is 0 Å². The van der Waals surface area contributed by atoms with Crippen LogP contribution in [0.3, 0.4) is 0 Å². The van der Waals surface area contributed by atoms with E-state index < -0.39 is 0 Å². The molecule has 1 N–H and O–H groups in total. The molecule has 0 aliphatic carbocycles. The molecule has 144 valence electrons. The van der Waals surface area contributed by atoms with E-state index in [0.717, 1.165) is 40.3 Å². The van der Waals surface area contributed by atoms with Crippen molar-refractivity contribution in [2.45, 2.75) is 33.3 Å². The number of fused-ring (bicyclic) bond motifs is 1. The quantitative estimate of drug-likeness (QED) is 0.628. The number of nitrogens with one attached hydrogen (secondary N) is 1. The maximum Gasteiger partial charge on any atom is 0.281 e. The lowest BCUT2D eigenvalue weighted by molar-refractivity contribution is -0.113. The molecule has 0 bridgehead atoms. The van der Waals surface area contributed by atoms with Crippen LogP contribution in [0.15, 0.2) is 42.1 Å². The van der Waals surface area contributed by atoms with Crippen LogP contribution in [0.4, 0.5) is 5.69 Å². The third kappa shape index (κ3) is 3.36. The molecular weight excluding hydrogens is 372 g/mol. The Morgan fingerprint density at radius 3 is 2.79 bits per heavy atom. The van der Waals surface area contributed by atoms with E-state index in [1.165, 1.54) is 4.90 Å². The highest BCUT2D eigenvalue weighted by Gasteiger charge is 2.32. The molecule has 0 unspecified atom stereocenters. The van der Waals surface area contributed by atoms with Crippen molar-refractivity contribution in [3.8, 4) is 11.5 Å². The van der Waals surface area contributed by atoms with Crippen LogP contribution in [0.2, 0.25) is 0 Å². The van der Waals surface area contributed by atoms with Crippen molar-refractivity contribution in [3.05, 3.63) is 58.8 Å². The Morgan fingerprint density at radius 1 is 1.32 bits per heavy atom. The Kier molecular flexibility index (Phi) is 4.81. The first-order chi connectivity index (χ1) is 13.5. The summed E-state index contributed by atoms with van der Waals surface area (Å²) in [6.07, 6.45) is 2.78. The summed E-state index contributed by atoms with van der Waals surface area (Å²) in [7, 11) is 0. The minimum absolute atomic E-state index is 0.142. The first-order valence-corrected chi connectivity index (χ1v) is 9.77. The summed E-state index contributed by atoms with van der Waals surface area (Å²) >= 11 is 5.40. The average Bonchev–Trinajstić information content (AvgIpc) is 3.14. The van der Waals surface area contributed by atoms with E-state index in [-0.39, 0.29) is 12.0 Å². The largest absolute Gasteiger partial charge is 0.493 e. The van der Waals surface area contributed by atoms with Crippen molar-refractivity contribution in [3.63, 3.8) is 0 Å². The van der Waals surface area contributed by atoms with E-state index in [4.69, 9.17) is 21.7 Å². The molecule has 0 aromatic heterocycles. The number of hydrogen-bond acceptors (Lipinski definition) is 4. The smallest absolute Gasteiger partial charge is 0.281 e. The van der Waals surface area contributed by atoms with Crippen LogP contribution in [0, 0.1) is 6.92 Å². The maximum atomic E-state index is 13.0. The van der Waals surface area contributed by atoms with Gasteiger partial charge < -0.3 is 14.8 Å². The van der Waals surface area contributed by atoms with Crippen LogP contribution in [0.25, 0.3) is 6.08 Å². The van der Waals surface area contributed by atoms with Crippen LogP contribution in [0.5, 0.6) is 11.5 Å². The summed E-state index contributed by atoms with van der Waals surface area (Å²) in [5.74, 6) is 1.39. The Morgan fingerprint density at radius 2 is 2.07 bits per heavy atom. The minimum Gasteiger partial charge on any atom is -0.493 e. The molecule has 28 heavy (non-hydrogen) atoms. The molecule has 2 aromatic carbocycles. The second kappa shape index (κ2) is 7.28. The monoisotopic (exact) mass is 394 g/mol. The molecule has 2 aliphatic heterocycles. The van der Waals surface area contributed by atoms with Gasteiger partial charge in [-0.2, -0.15) is 0 Å². The number of amides is 1. The lowest BCUT2D eigenvalue weighted by Crippen LogP contribution is -2.30. The molecule has 4 rings (SSSR count). The van der Waals surface area contributed by atoms with E-state index in [0.29, 0.717) is 17.4 Å². The Labute approximate surface area is 169 Å². The lowest BCUT2D eigenvalue weighted by atomic mass is 10.1. The number of carbonyl (C=O) groups is 1. The summed E-state index contributed by atoms with van der Waals surface area (Å²) in [5, 5.41) is 3.40. The Bertz CT molecular complexity index is 982. The van der Waals surface area contributed by atoms with Crippen LogP contribution >= 0.6 is 12.2 Å². The lowest BCUT2D eigenvalue weighted by Gasteiger charge is -2.14. The van der Waals surface area contributed by atoms with Crippen LogP contribution in [-0.2, 0) is 11.2 Å². The highest BCUT2D eigenvalue weighted by Crippen LogP contribution is 2.36. The van der Waals surface area contributed by atoms with E-state index in [1.807, 2.05) is 57.2 Å². The highest BCUT2D eigenvalue weighted by atomic mass is 32.1. The predicted octanol–water partition coefficient (Wildman–Crippen LogP) is 3.98. The van der Waals surface area contributed by atoms with Gasteiger partial charge in [-0.3, -0.25) is 9.69 Å². The van der Waals surface area contributed by atoms with Gasteiger partial charge in [-0.25, -0.2) is 0 Å². The van der Waals surface area contributed by atoms with Crippen LogP contribution in [-0.4, -0.2) is 23.7 Å². The Balaban J connectivity index is 1.69. The molecule has 2 aromatic rings. The molecule has 0 spiro atoms. The number of rotatable bonds is 4. The first kappa shape index (κ1) is 18.5. The summed E-state index contributed by atoms with van der Waals surface area (Å²) in [6, 6.07) is 11.6. The van der Waals surface area contributed by atoms with Gasteiger partial charge in [-0.05, 0) is 63.3 Å². The number of nitrogens with zero attached hydrogens (tertiary/aromatic N) is 1. The molecule has 2 heterocycles. The van der Waals surface area contributed by atoms with Gasteiger partial charge in [0.15, 0.2) is 5.11 Å². The number of anilines is 1. The average molecular weight is 394 g/mol. The van der Waals surface area contributed by atoms with Gasteiger partial charge in [-0.1, -0.05) is 17.7 Å². The van der Waals surface area contributed by atoms with Crippen molar-refractivity contribution in [2.24, 2.45) is 0 Å². The van der Waals surface area contributed by atoms with E-state index >= 15 is 0 Å². The minimum atomic E-state index is -0.189. The topological polar surface area (TPSA) is 50.8 Å². The number of aryl methyl sites for hydroxylation is 1. The highest BCUT2D eigenvalue weighted by molar-refractivity contribution is 7.80. The molecule has 0 radical (unpaired) electrons. The molecule has 0 saturated carbocycles. The molecular formula is C22H22N2O3S. The number of ether oxygens (including phenoxy) is 2. The second-order valence-corrected chi connectivity index (χ2v) is 7.41. The van der Waals surface area contributed by atoms with E-state index in [1.54, 1.807) is 6.08 Å². The van der Waals surface area contributed by atoms with Gasteiger partial charge in [-0.15, -0.1) is 0 Å². The Hall–Kier alpha value is -2.86. The van der Waals surface area contributed by atoms with E-state index in [2.05, 4.69) is 5.32 Å². The van der Waals surface area contributed by atoms with Gasteiger partial charge >= 0.3 is 0 Å².